The molecule has 1 heterocycles. The second-order valence-electron chi connectivity index (χ2n) is 3.89. The highest BCUT2D eigenvalue weighted by molar-refractivity contribution is 4.95. The molecular weight excluding hydrogens is 313 g/mol. The smallest absolute Gasteiger partial charge is 0.396 e. The Morgan fingerprint density at radius 3 is 1.65 bits per heavy atom. The average Bonchev–Trinajstić information content (AvgIpc) is 2.22. The van der Waals surface area contributed by atoms with Gasteiger partial charge in [0.25, 0.3) is 0 Å². The van der Waals surface area contributed by atoms with Gasteiger partial charge in [0, 0.05) is 6.61 Å². The molecule has 1 aliphatic heterocycles. The first-order chi connectivity index (χ1) is 8.81. The van der Waals surface area contributed by atoms with E-state index in [-0.39, 0.29) is 0 Å². The van der Waals surface area contributed by atoms with Crippen molar-refractivity contribution in [3.8, 4) is 0 Å². The van der Waals surface area contributed by atoms with Gasteiger partial charge in [-0.25, -0.2) is 9.13 Å². The Hall–Kier alpha value is -0.750. The van der Waals surface area contributed by atoms with Crippen LogP contribution in [0.15, 0.2) is 0 Å². The number of morpholine rings is 1. The van der Waals surface area contributed by atoms with Crippen molar-refractivity contribution in [3.05, 3.63) is 0 Å². The van der Waals surface area contributed by atoms with E-state index in [2.05, 4.69) is 4.74 Å². The van der Waals surface area contributed by atoms with E-state index in [1.165, 1.54) is 0 Å². The van der Waals surface area contributed by atoms with Gasteiger partial charge in [-0.05, 0) is 12.8 Å². The molecular formula is C8H8F9NO2. The van der Waals surface area contributed by atoms with E-state index in [4.69, 9.17) is 5.11 Å². The molecule has 0 aromatic rings. The van der Waals surface area contributed by atoms with Gasteiger partial charge in [0.2, 0.25) is 0 Å². The van der Waals surface area contributed by atoms with Crippen molar-refractivity contribution >= 4 is 0 Å². The number of alkyl halides is 9. The van der Waals surface area contributed by atoms with Crippen LogP contribution in [0, 0.1) is 0 Å². The summed E-state index contributed by atoms with van der Waals surface area (Å²) in [5, 5.41) is 8.30. The minimum absolute atomic E-state index is 0.679. The minimum Gasteiger partial charge on any atom is -0.396 e. The van der Waals surface area contributed by atoms with Gasteiger partial charge < -0.3 is 5.11 Å². The summed E-state index contributed by atoms with van der Waals surface area (Å²) in [7, 11) is 0. The molecule has 20 heavy (non-hydrogen) atoms. The summed E-state index contributed by atoms with van der Waals surface area (Å²) < 4.78 is 119. The fourth-order valence-electron chi connectivity index (χ4n) is 1.48. The van der Waals surface area contributed by atoms with E-state index in [1.54, 1.807) is 0 Å². The van der Waals surface area contributed by atoms with E-state index >= 15 is 0 Å². The fourth-order valence-corrected chi connectivity index (χ4v) is 1.48. The fraction of sp³-hybridized carbons (Fsp3) is 1.00. The maximum atomic E-state index is 13.3. The number of ether oxygens (including phenoxy) is 1. The van der Waals surface area contributed by atoms with E-state index in [0.29, 0.717) is 0 Å². The Bertz CT molecular complexity index is 336. The van der Waals surface area contributed by atoms with Gasteiger partial charge in [0.05, 0.1) is 0 Å². The van der Waals surface area contributed by atoms with Gasteiger partial charge in [0.1, 0.15) is 0 Å². The van der Waals surface area contributed by atoms with Gasteiger partial charge in [0.15, 0.2) is 6.30 Å². The molecule has 0 saturated carbocycles. The number of aliphatic hydroxyl groups is 1. The van der Waals surface area contributed by atoms with Crippen molar-refractivity contribution in [1.29, 1.82) is 0 Å². The average molecular weight is 321 g/mol. The normalized spacial score (nSPS) is 29.1. The topological polar surface area (TPSA) is 32.7 Å². The number of halogens is 9. The molecule has 1 saturated heterocycles. The molecule has 0 bridgehead atoms. The molecule has 1 N–H and O–H groups in total. The van der Waals surface area contributed by atoms with E-state index in [1.807, 2.05) is 0 Å². The van der Waals surface area contributed by atoms with E-state index in [9.17, 15) is 39.5 Å². The lowest BCUT2D eigenvalue weighted by Crippen LogP contribution is -2.75. The lowest BCUT2D eigenvalue weighted by Gasteiger charge is -2.48. The van der Waals surface area contributed by atoms with Crippen molar-refractivity contribution in [2.24, 2.45) is 0 Å². The van der Waals surface area contributed by atoms with Crippen molar-refractivity contribution in [2.45, 2.75) is 43.4 Å². The predicted octanol–water partition coefficient (Wildman–Crippen LogP) is 2.76. The lowest BCUT2D eigenvalue weighted by molar-refractivity contribution is -0.571. The SMILES string of the molecule is OCCCC(F)N1C(F)(F)C(F)(F)OC(F)(F)C1(F)F. The molecule has 12 heteroatoms. The second kappa shape index (κ2) is 4.91. The van der Waals surface area contributed by atoms with Crippen LogP contribution in [-0.2, 0) is 4.74 Å². The molecule has 1 rings (SSSR count). The van der Waals surface area contributed by atoms with Crippen molar-refractivity contribution in [3.63, 3.8) is 0 Å². The third-order valence-electron chi connectivity index (χ3n) is 2.44. The van der Waals surface area contributed by atoms with Crippen LogP contribution in [0.5, 0.6) is 0 Å². The molecule has 0 aliphatic carbocycles. The number of hydrogen-bond donors (Lipinski definition) is 1. The number of aliphatic hydroxyl groups excluding tert-OH is 1. The third kappa shape index (κ3) is 2.44. The Morgan fingerprint density at radius 1 is 0.900 bits per heavy atom. The minimum atomic E-state index is -6.03. The molecule has 1 unspecified atom stereocenters. The third-order valence-corrected chi connectivity index (χ3v) is 2.44. The van der Waals surface area contributed by atoms with Crippen LogP contribution >= 0.6 is 0 Å². The maximum Gasteiger partial charge on any atom is 0.439 e. The highest BCUT2D eigenvalue weighted by Gasteiger charge is 2.83. The summed E-state index contributed by atoms with van der Waals surface area (Å²) in [6.45, 7) is -0.839. The molecule has 0 amide bonds. The van der Waals surface area contributed by atoms with Crippen LogP contribution in [0.2, 0.25) is 0 Å². The van der Waals surface area contributed by atoms with Gasteiger partial charge in [-0.15, -0.1) is 4.90 Å². The first-order valence-corrected chi connectivity index (χ1v) is 5.07. The van der Waals surface area contributed by atoms with Crippen LogP contribution < -0.4 is 0 Å². The van der Waals surface area contributed by atoms with Crippen LogP contribution in [0.1, 0.15) is 12.8 Å². The van der Waals surface area contributed by atoms with Crippen LogP contribution in [0.25, 0.3) is 0 Å². The van der Waals surface area contributed by atoms with Gasteiger partial charge in [-0.1, -0.05) is 0 Å². The summed E-state index contributed by atoms with van der Waals surface area (Å²) in [5.41, 5.74) is 0. The molecule has 120 valence electrons. The van der Waals surface area contributed by atoms with Crippen molar-refractivity contribution in [1.82, 2.24) is 4.90 Å². The Morgan fingerprint density at radius 2 is 1.30 bits per heavy atom. The summed E-state index contributed by atoms with van der Waals surface area (Å²) in [6, 6.07) is -12.0. The molecule has 0 aromatic heterocycles. The Balaban J connectivity index is 3.24. The standard InChI is InChI=1S/C8H8F9NO2/c9-4(2-1-3-19)18-5(10,11)7(14,15)20-8(16,17)6(18,12)13/h4,19H,1-3H2. The summed E-state index contributed by atoms with van der Waals surface area (Å²) in [5.74, 6) is 0. The zero-order chi connectivity index (χ0) is 16.0. The molecule has 0 radical (unpaired) electrons. The first-order valence-electron chi connectivity index (χ1n) is 5.07. The lowest BCUT2D eigenvalue weighted by atomic mass is 10.2. The van der Waals surface area contributed by atoms with Crippen LogP contribution in [0.3, 0.4) is 0 Å². The molecule has 0 aromatic carbocycles. The summed E-state index contributed by atoms with van der Waals surface area (Å²) >= 11 is 0. The van der Waals surface area contributed by atoms with Gasteiger partial charge in [-0.2, -0.15) is 35.1 Å². The number of hydrogen-bond acceptors (Lipinski definition) is 3. The summed E-state index contributed by atoms with van der Waals surface area (Å²) in [4.78, 5) is -2.22. The molecule has 1 aliphatic rings. The zero-order valence-corrected chi connectivity index (χ0v) is 9.40. The van der Waals surface area contributed by atoms with Gasteiger partial charge >= 0.3 is 24.3 Å². The molecule has 1 fully saturated rings. The van der Waals surface area contributed by atoms with Crippen LogP contribution in [-0.4, -0.2) is 47.2 Å². The Kier molecular flexibility index (Phi) is 4.25. The van der Waals surface area contributed by atoms with E-state index in [0.717, 1.165) is 0 Å². The molecule has 1 atom stereocenters. The number of rotatable bonds is 4. The van der Waals surface area contributed by atoms with Crippen molar-refractivity contribution in [2.75, 3.05) is 6.61 Å². The summed E-state index contributed by atoms with van der Waals surface area (Å²) in [6.07, 6.45) is -17.6. The van der Waals surface area contributed by atoms with Crippen molar-refractivity contribution < 1.29 is 49.4 Å². The van der Waals surface area contributed by atoms with Gasteiger partial charge in [-0.3, -0.25) is 0 Å². The first kappa shape index (κ1) is 17.3. The molecule has 3 nitrogen and oxygen atoms in total. The highest BCUT2D eigenvalue weighted by atomic mass is 19.4. The quantitative estimate of drug-likeness (QED) is 0.638. The van der Waals surface area contributed by atoms with E-state index < -0.39 is 55.0 Å². The molecule has 0 spiro atoms. The number of nitrogens with zero attached hydrogens (tertiary/aromatic N) is 1. The second-order valence-corrected chi connectivity index (χ2v) is 3.89. The Labute approximate surface area is 105 Å². The predicted molar refractivity (Wildman–Crippen MR) is 43.9 cm³/mol. The van der Waals surface area contributed by atoms with Crippen LogP contribution in [0.4, 0.5) is 39.5 Å². The zero-order valence-electron chi connectivity index (χ0n) is 9.40. The monoisotopic (exact) mass is 321 g/mol. The highest BCUT2D eigenvalue weighted by Crippen LogP contribution is 2.56. The largest absolute Gasteiger partial charge is 0.439 e. The maximum absolute atomic E-state index is 13.3.